The van der Waals surface area contributed by atoms with E-state index in [0.29, 0.717) is 19.7 Å². The van der Waals surface area contributed by atoms with Crippen molar-refractivity contribution in [1.29, 1.82) is 0 Å². The van der Waals surface area contributed by atoms with E-state index in [0.717, 1.165) is 19.3 Å². The van der Waals surface area contributed by atoms with Gasteiger partial charge in [0.05, 0.1) is 19.1 Å². The van der Waals surface area contributed by atoms with Crippen molar-refractivity contribution in [3.63, 3.8) is 0 Å². The molecule has 20 heavy (non-hydrogen) atoms. The lowest BCUT2D eigenvalue weighted by Gasteiger charge is -2.40. The van der Waals surface area contributed by atoms with Crippen LogP contribution in [0.25, 0.3) is 0 Å². The second-order valence-corrected chi connectivity index (χ2v) is 5.31. The van der Waals surface area contributed by atoms with Gasteiger partial charge in [0.15, 0.2) is 0 Å². The van der Waals surface area contributed by atoms with Crippen molar-refractivity contribution in [2.24, 2.45) is 0 Å². The maximum absolute atomic E-state index is 12.6. The number of likely N-dealkylation sites (N-methyl/N-ethyl adjacent to an activating group) is 1. The van der Waals surface area contributed by atoms with Crippen molar-refractivity contribution in [1.82, 2.24) is 9.80 Å². The highest BCUT2D eigenvalue weighted by Crippen LogP contribution is 2.22. The normalized spacial score (nSPS) is 20.6. The highest BCUT2D eigenvalue weighted by Gasteiger charge is 2.32. The molecule has 0 bridgehead atoms. The van der Waals surface area contributed by atoms with Crippen molar-refractivity contribution in [3.05, 3.63) is 0 Å². The van der Waals surface area contributed by atoms with E-state index < -0.39 is 5.97 Å². The van der Waals surface area contributed by atoms with Crippen LogP contribution in [0.1, 0.15) is 39.5 Å². The number of amides is 2. The summed E-state index contributed by atoms with van der Waals surface area (Å²) in [5.41, 5.74) is 0. The number of hydrogen-bond donors (Lipinski definition) is 1. The number of piperidine rings is 1. The molecule has 0 aromatic rings. The lowest BCUT2D eigenvalue weighted by molar-refractivity contribution is -0.138. The summed E-state index contributed by atoms with van der Waals surface area (Å²) in [4.78, 5) is 27.1. The van der Waals surface area contributed by atoms with E-state index in [9.17, 15) is 9.59 Å². The average Bonchev–Trinajstić information content (AvgIpc) is 2.39. The number of hydrogen-bond acceptors (Lipinski definition) is 3. The summed E-state index contributed by atoms with van der Waals surface area (Å²) < 4.78 is 5.11. The van der Waals surface area contributed by atoms with Crippen LogP contribution in [0.3, 0.4) is 0 Å². The zero-order valence-electron chi connectivity index (χ0n) is 12.7. The number of methoxy groups -OCH3 is 1. The van der Waals surface area contributed by atoms with Crippen LogP contribution < -0.4 is 0 Å². The van der Waals surface area contributed by atoms with Gasteiger partial charge in [0.2, 0.25) is 0 Å². The molecule has 1 aliphatic heterocycles. The second-order valence-electron chi connectivity index (χ2n) is 5.31. The minimum atomic E-state index is -0.845. The third-order valence-electron chi connectivity index (χ3n) is 3.81. The summed E-state index contributed by atoms with van der Waals surface area (Å²) in [5.74, 6) is -0.845. The zero-order valence-corrected chi connectivity index (χ0v) is 12.7. The van der Waals surface area contributed by atoms with E-state index in [4.69, 9.17) is 9.84 Å². The Balaban J connectivity index is 2.76. The molecule has 2 atom stereocenters. The van der Waals surface area contributed by atoms with Crippen molar-refractivity contribution >= 4 is 12.0 Å². The Hall–Kier alpha value is -1.30. The maximum Gasteiger partial charge on any atom is 0.320 e. The highest BCUT2D eigenvalue weighted by molar-refractivity contribution is 5.76. The molecule has 6 heteroatoms. The van der Waals surface area contributed by atoms with Crippen LogP contribution >= 0.6 is 0 Å². The number of carbonyl (C=O) groups excluding carboxylic acids is 1. The number of nitrogens with zero attached hydrogens (tertiary/aromatic N) is 2. The van der Waals surface area contributed by atoms with E-state index in [1.165, 1.54) is 0 Å². The fourth-order valence-electron chi connectivity index (χ4n) is 2.80. The first kappa shape index (κ1) is 16.8. The molecule has 1 saturated heterocycles. The van der Waals surface area contributed by atoms with Gasteiger partial charge in [-0.1, -0.05) is 0 Å². The molecule has 1 N–H and O–H groups in total. The van der Waals surface area contributed by atoms with E-state index in [2.05, 4.69) is 0 Å². The highest BCUT2D eigenvalue weighted by atomic mass is 16.5. The third-order valence-corrected chi connectivity index (χ3v) is 3.81. The average molecular weight is 286 g/mol. The topological polar surface area (TPSA) is 70.1 Å². The molecule has 2 unspecified atom stereocenters. The summed E-state index contributed by atoms with van der Waals surface area (Å²) >= 11 is 0. The van der Waals surface area contributed by atoms with Crippen molar-refractivity contribution in [2.75, 3.05) is 26.8 Å². The van der Waals surface area contributed by atoms with Gasteiger partial charge in [-0.05, 0) is 33.1 Å². The van der Waals surface area contributed by atoms with Gasteiger partial charge in [0.25, 0.3) is 0 Å². The number of carboxylic acids is 1. The number of carboxylic acid groups (broad SMARTS) is 1. The van der Waals surface area contributed by atoms with Gasteiger partial charge >= 0.3 is 12.0 Å². The van der Waals surface area contributed by atoms with Gasteiger partial charge in [-0.3, -0.25) is 4.79 Å². The Bertz CT molecular complexity index is 335. The number of aliphatic carboxylic acids is 1. The van der Waals surface area contributed by atoms with E-state index >= 15 is 0 Å². The monoisotopic (exact) mass is 286 g/mol. The summed E-state index contributed by atoms with van der Waals surface area (Å²) in [7, 11) is 1.61. The van der Waals surface area contributed by atoms with Crippen LogP contribution in [-0.4, -0.2) is 65.8 Å². The lowest BCUT2D eigenvalue weighted by atomic mass is 9.99. The van der Waals surface area contributed by atoms with Crippen molar-refractivity contribution in [2.45, 2.75) is 51.6 Å². The molecule has 1 rings (SSSR count). The van der Waals surface area contributed by atoms with E-state index in [-0.39, 0.29) is 24.5 Å². The number of ether oxygens (including phenoxy) is 1. The minimum absolute atomic E-state index is 0.00935. The summed E-state index contributed by atoms with van der Waals surface area (Å²) in [5, 5.41) is 8.98. The Labute approximate surface area is 120 Å². The van der Waals surface area contributed by atoms with Gasteiger partial charge < -0.3 is 19.6 Å². The van der Waals surface area contributed by atoms with Crippen molar-refractivity contribution < 1.29 is 19.4 Å². The Morgan fingerprint density at radius 2 is 2.15 bits per heavy atom. The molecule has 1 aliphatic rings. The molecule has 6 nitrogen and oxygen atoms in total. The lowest BCUT2D eigenvalue weighted by Crippen LogP contribution is -2.53. The minimum Gasteiger partial charge on any atom is -0.481 e. The second kappa shape index (κ2) is 8.09. The van der Waals surface area contributed by atoms with E-state index in [1.54, 1.807) is 16.9 Å². The van der Waals surface area contributed by atoms with Crippen LogP contribution in [0.4, 0.5) is 4.79 Å². The van der Waals surface area contributed by atoms with Crippen molar-refractivity contribution in [3.8, 4) is 0 Å². The van der Waals surface area contributed by atoms with Gasteiger partial charge in [-0.2, -0.15) is 0 Å². The number of urea groups is 1. The molecule has 1 fully saturated rings. The molecule has 2 amide bonds. The van der Waals surface area contributed by atoms with E-state index in [1.807, 2.05) is 13.8 Å². The largest absolute Gasteiger partial charge is 0.481 e. The fourth-order valence-corrected chi connectivity index (χ4v) is 2.80. The first-order valence-corrected chi connectivity index (χ1v) is 7.29. The SMILES string of the molecule is CCN(C(=O)N1CCCCC1CC(=O)O)C(C)COC. The Morgan fingerprint density at radius 3 is 2.70 bits per heavy atom. The molecule has 0 spiro atoms. The molecule has 1 heterocycles. The predicted molar refractivity (Wildman–Crippen MR) is 75.7 cm³/mol. The van der Waals surface area contributed by atoms with Gasteiger partial charge in [0, 0.05) is 26.2 Å². The van der Waals surface area contributed by atoms with Crippen LogP contribution in [0.5, 0.6) is 0 Å². The Morgan fingerprint density at radius 1 is 1.45 bits per heavy atom. The fraction of sp³-hybridized carbons (Fsp3) is 0.857. The van der Waals surface area contributed by atoms with Gasteiger partial charge in [-0.15, -0.1) is 0 Å². The molecular formula is C14H26N2O4. The number of likely N-dealkylation sites (tertiary alicyclic amines) is 1. The first-order chi connectivity index (χ1) is 9.51. The first-order valence-electron chi connectivity index (χ1n) is 7.29. The number of carbonyl (C=O) groups is 2. The summed E-state index contributed by atoms with van der Waals surface area (Å²) in [6.07, 6.45) is 2.73. The van der Waals surface area contributed by atoms with Gasteiger partial charge in [0.1, 0.15) is 0 Å². The molecule has 0 aliphatic carbocycles. The molecule has 0 saturated carbocycles. The molecule has 116 valence electrons. The molecule has 0 aromatic carbocycles. The maximum atomic E-state index is 12.6. The van der Waals surface area contributed by atoms with Crippen LogP contribution in [0.2, 0.25) is 0 Å². The van der Waals surface area contributed by atoms with Gasteiger partial charge in [-0.25, -0.2) is 4.79 Å². The molecule has 0 aromatic heterocycles. The smallest absolute Gasteiger partial charge is 0.320 e. The predicted octanol–water partition coefficient (Wildman–Crippen LogP) is 1.79. The van der Waals surface area contributed by atoms with Crippen LogP contribution in [0, 0.1) is 0 Å². The third kappa shape index (κ3) is 4.37. The van der Waals surface area contributed by atoms with Crippen LogP contribution in [-0.2, 0) is 9.53 Å². The zero-order chi connectivity index (χ0) is 15.1. The summed E-state index contributed by atoms with van der Waals surface area (Å²) in [6, 6.07) is -0.259. The van der Waals surface area contributed by atoms with Crippen LogP contribution in [0.15, 0.2) is 0 Å². The quantitative estimate of drug-likeness (QED) is 0.808. The number of rotatable bonds is 6. The molecular weight excluding hydrogens is 260 g/mol. The Kier molecular flexibility index (Phi) is 6.78. The standard InChI is InChI=1S/C14H26N2O4/c1-4-15(11(2)10-20-3)14(19)16-8-6-5-7-12(16)9-13(17)18/h11-12H,4-10H2,1-3H3,(H,17,18). The molecule has 0 radical (unpaired) electrons. The summed E-state index contributed by atoms with van der Waals surface area (Å²) in [6.45, 7) is 5.60.